The third-order valence-electron chi connectivity index (χ3n) is 3.29. The van der Waals surface area contributed by atoms with Gasteiger partial charge in [-0.1, -0.05) is 35.5 Å². The van der Waals surface area contributed by atoms with E-state index in [4.69, 9.17) is 22.4 Å². The van der Waals surface area contributed by atoms with E-state index in [0.717, 1.165) is 11.8 Å². The molecule has 0 aliphatic heterocycles. The van der Waals surface area contributed by atoms with Crippen LogP contribution in [0.25, 0.3) is 11.0 Å². The molecule has 0 unspecified atom stereocenters. The van der Waals surface area contributed by atoms with Gasteiger partial charge in [-0.3, -0.25) is 15.4 Å². The summed E-state index contributed by atoms with van der Waals surface area (Å²) < 4.78 is 39.8. The fraction of sp³-hybridized carbons (Fsp3) is 0.0625. The average Bonchev–Trinajstić information content (AvgIpc) is 2.56. The lowest BCUT2D eigenvalue weighted by Crippen LogP contribution is -2.38. The van der Waals surface area contributed by atoms with Gasteiger partial charge >= 0.3 is 6.18 Å². The number of rotatable bonds is 2. The molecule has 128 valence electrons. The Hall–Kier alpha value is -2.32. The van der Waals surface area contributed by atoms with Gasteiger partial charge < -0.3 is 0 Å². The zero-order valence-corrected chi connectivity index (χ0v) is 14.0. The normalized spacial score (nSPS) is 11.7. The third-order valence-corrected chi connectivity index (χ3v) is 4.53. The van der Waals surface area contributed by atoms with Crippen molar-refractivity contribution >= 4 is 40.2 Å². The van der Waals surface area contributed by atoms with Gasteiger partial charge in [-0.25, -0.2) is 4.98 Å². The van der Waals surface area contributed by atoms with E-state index in [1.165, 1.54) is 12.1 Å². The number of hydrogen-bond acceptors (Lipinski definition) is 4. The molecule has 0 fully saturated rings. The van der Waals surface area contributed by atoms with Crippen LogP contribution in [-0.2, 0) is 0 Å². The van der Waals surface area contributed by atoms with E-state index in [9.17, 15) is 13.2 Å². The summed E-state index contributed by atoms with van der Waals surface area (Å²) >= 11 is 6.86. The molecule has 0 bridgehead atoms. The first-order chi connectivity index (χ1) is 11.8. The first-order valence-corrected chi connectivity index (χ1v) is 8.13. The molecule has 2 aromatic carbocycles. The van der Waals surface area contributed by atoms with Crippen molar-refractivity contribution in [1.82, 2.24) is 9.55 Å². The highest BCUT2D eigenvalue weighted by molar-refractivity contribution is 7.99. The quantitative estimate of drug-likeness (QED) is 0.498. The Labute approximate surface area is 149 Å². The van der Waals surface area contributed by atoms with Crippen LogP contribution in [0.5, 0.6) is 0 Å². The Balaban J connectivity index is 2.20. The minimum atomic E-state index is -4.88. The molecule has 0 atom stereocenters. The molecule has 0 amide bonds. The monoisotopic (exact) mass is 382 g/mol. The molecule has 0 saturated heterocycles. The highest BCUT2D eigenvalue weighted by Crippen LogP contribution is 2.27. The summed E-state index contributed by atoms with van der Waals surface area (Å²) in [5.41, 5.74) is -0.180. The molecule has 9 heteroatoms. The molecule has 0 spiro atoms. The zero-order chi connectivity index (χ0) is 18.2. The maximum Gasteiger partial charge on any atom is 0.449 e. The molecule has 0 aliphatic carbocycles. The molecule has 0 radical (unpaired) electrons. The minimum Gasteiger partial charge on any atom is -0.282 e. The van der Waals surface area contributed by atoms with Crippen LogP contribution < -0.4 is 5.49 Å². The van der Waals surface area contributed by atoms with Crippen molar-refractivity contribution < 1.29 is 13.2 Å². The molecule has 2 N–H and O–H groups in total. The van der Waals surface area contributed by atoms with Gasteiger partial charge in [-0.05, 0) is 36.4 Å². The number of nitrogens with one attached hydrogen (secondary N) is 2. The number of hydrogen-bond donors (Lipinski definition) is 2. The van der Waals surface area contributed by atoms with Crippen LogP contribution in [0.2, 0.25) is 5.02 Å². The Kier molecular flexibility index (Phi) is 4.57. The van der Waals surface area contributed by atoms with E-state index >= 15 is 0 Å². The van der Waals surface area contributed by atoms with E-state index < -0.39 is 17.5 Å². The predicted molar refractivity (Wildman–Crippen MR) is 90.3 cm³/mol. The zero-order valence-electron chi connectivity index (χ0n) is 12.4. The van der Waals surface area contributed by atoms with E-state index in [-0.39, 0.29) is 16.1 Å². The molecule has 1 aromatic heterocycles. The fourth-order valence-electron chi connectivity index (χ4n) is 2.17. The number of alkyl halides is 3. The number of para-hydroxylation sites is 2. The van der Waals surface area contributed by atoms with Gasteiger partial charge in [0, 0.05) is 9.92 Å². The summed E-state index contributed by atoms with van der Waals surface area (Å²) in [7, 11) is 0. The van der Waals surface area contributed by atoms with Gasteiger partial charge in [0.2, 0.25) is 5.84 Å². The Morgan fingerprint density at radius 3 is 2.36 bits per heavy atom. The highest BCUT2D eigenvalue weighted by Gasteiger charge is 2.37. The smallest absolute Gasteiger partial charge is 0.282 e. The topological polar surface area (TPSA) is 65.5 Å². The van der Waals surface area contributed by atoms with Crippen molar-refractivity contribution in [1.29, 1.82) is 10.8 Å². The number of nitrogens with zero attached hydrogens (tertiary/aromatic N) is 2. The van der Waals surface area contributed by atoms with Gasteiger partial charge in [-0.2, -0.15) is 13.2 Å². The Morgan fingerprint density at radius 1 is 1.08 bits per heavy atom. The van der Waals surface area contributed by atoms with E-state index in [1.54, 1.807) is 36.4 Å². The minimum absolute atomic E-state index is 0.0512. The first-order valence-electron chi connectivity index (χ1n) is 6.93. The van der Waals surface area contributed by atoms with Crippen LogP contribution in [0.4, 0.5) is 13.2 Å². The lowest BCUT2D eigenvalue weighted by atomic mass is 10.3. The van der Waals surface area contributed by atoms with Gasteiger partial charge in [0.05, 0.1) is 11.0 Å². The van der Waals surface area contributed by atoms with E-state index in [2.05, 4.69) is 4.98 Å². The second-order valence-corrected chi connectivity index (χ2v) is 6.49. The largest absolute Gasteiger partial charge is 0.449 e. The second-order valence-electron chi connectivity index (χ2n) is 4.99. The summed E-state index contributed by atoms with van der Waals surface area (Å²) in [6.45, 7) is 0. The molecular weight excluding hydrogens is 373 g/mol. The first kappa shape index (κ1) is 17.5. The molecule has 3 rings (SSSR count). The molecule has 0 aliphatic rings. The maximum absolute atomic E-state index is 13.1. The molecule has 0 saturated carbocycles. The van der Waals surface area contributed by atoms with Crippen molar-refractivity contribution in [2.24, 2.45) is 0 Å². The number of benzene rings is 2. The predicted octanol–water partition coefficient (Wildman–Crippen LogP) is 4.71. The molecule has 1 heterocycles. The summed E-state index contributed by atoms with van der Waals surface area (Å²) in [4.78, 5) is 4.95. The van der Waals surface area contributed by atoms with Crippen molar-refractivity contribution in [2.75, 3.05) is 0 Å². The molecule has 4 nitrogen and oxygen atoms in total. The van der Waals surface area contributed by atoms with Crippen molar-refractivity contribution in [3.63, 3.8) is 0 Å². The number of fused-ring (bicyclic) bond motifs is 1. The third kappa shape index (κ3) is 3.54. The Morgan fingerprint density at radius 2 is 1.72 bits per heavy atom. The summed E-state index contributed by atoms with van der Waals surface area (Å²) in [5.74, 6) is -1.63. The van der Waals surface area contributed by atoms with Gasteiger partial charge in [0.25, 0.3) is 0 Å². The van der Waals surface area contributed by atoms with Crippen molar-refractivity contribution in [2.45, 2.75) is 16.1 Å². The lowest BCUT2D eigenvalue weighted by Gasteiger charge is -2.16. The summed E-state index contributed by atoms with van der Waals surface area (Å²) in [6, 6.07) is 12.8. The standard InChI is InChI=1S/C16H10ClF3N4S/c17-9-5-7-10(8-6-9)25-14-13(21)24(15(22)16(18,19)20)12-4-2-1-3-11(12)23-14/h1-8,21-22H. The molecule has 3 aromatic rings. The van der Waals surface area contributed by atoms with Crippen LogP contribution in [-0.4, -0.2) is 21.6 Å². The van der Waals surface area contributed by atoms with Gasteiger partial charge in [0.15, 0.2) is 5.49 Å². The van der Waals surface area contributed by atoms with Crippen LogP contribution in [0.1, 0.15) is 0 Å². The number of halogens is 4. The molecular formula is C16H10ClF3N4S. The van der Waals surface area contributed by atoms with Gasteiger partial charge in [0.1, 0.15) is 5.03 Å². The highest BCUT2D eigenvalue weighted by atomic mass is 35.5. The fourth-order valence-corrected chi connectivity index (χ4v) is 3.12. The second kappa shape index (κ2) is 6.53. The van der Waals surface area contributed by atoms with Crippen molar-refractivity contribution in [3.8, 4) is 0 Å². The average molecular weight is 383 g/mol. The number of aromatic nitrogens is 2. The van der Waals surface area contributed by atoms with Crippen LogP contribution in [0, 0.1) is 10.8 Å². The van der Waals surface area contributed by atoms with Gasteiger partial charge in [-0.15, -0.1) is 0 Å². The lowest BCUT2D eigenvalue weighted by molar-refractivity contribution is -0.0624. The van der Waals surface area contributed by atoms with Crippen LogP contribution in [0.15, 0.2) is 58.5 Å². The summed E-state index contributed by atoms with van der Waals surface area (Å²) in [6.07, 6.45) is -4.88. The Bertz CT molecular complexity index is 1010. The van der Waals surface area contributed by atoms with Crippen LogP contribution >= 0.6 is 23.4 Å². The van der Waals surface area contributed by atoms with Crippen molar-refractivity contribution in [3.05, 3.63) is 59.0 Å². The maximum atomic E-state index is 13.1. The van der Waals surface area contributed by atoms with Crippen LogP contribution in [0.3, 0.4) is 0 Å². The summed E-state index contributed by atoms with van der Waals surface area (Å²) in [5, 5.41) is 16.2. The molecule has 25 heavy (non-hydrogen) atoms. The van der Waals surface area contributed by atoms with E-state index in [0.29, 0.717) is 14.5 Å². The SMILES string of the molecule is N=C(n1c(=N)c(Sc2ccc(Cl)cc2)nc2ccccc21)C(F)(F)F. The van der Waals surface area contributed by atoms with E-state index in [1.807, 2.05) is 0 Å².